The summed E-state index contributed by atoms with van der Waals surface area (Å²) in [4.78, 5) is 0. The van der Waals surface area contributed by atoms with Crippen LogP contribution in [0.4, 0.5) is 0 Å². The highest BCUT2D eigenvalue weighted by Gasteiger charge is 2.24. The van der Waals surface area contributed by atoms with Crippen molar-refractivity contribution in [1.82, 2.24) is 0 Å². The van der Waals surface area contributed by atoms with Gasteiger partial charge in [-0.15, -0.1) is 13.2 Å². The largest absolute Gasteiger partial charge is 0.373 e. The van der Waals surface area contributed by atoms with Crippen LogP contribution < -0.4 is 0 Å². The Morgan fingerprint density at radius 2 is 1.33 bits per heavy atom. The molecular formula is C20H22O. The smallest absolute Gasteiger partial charge is 0.0722 e. The number of rotatable bonds is 8. The van der Waals surface area contributed by atoms with Gasteiger partial charge in [0.15, 0.2) is 0 Å². The highest BCUT2D eigenvalue weighted by Crippen LogP contribution is 2.31. The maximum atomic E-state index is 6.01. The van der Waals surface area contributed by atoms with Gasteiger partial charge in [0.2, 0.25) is 0 Å². The van der Waals surface area contributed by atoms with Crippen LogP contribution in [0.2, 0.25) is 0 Å². The number of hydrogen-bond acceptors (Lipinski definition) is 1. The van der Waals surface area contributed by atoms with Gasteiger partial charge in [0.25, 0.3) is 0 Å². The predicted molar refractivity (Wildman–Crippen MR) is 89.5 cm³/mol. The second kappa shape index (κ2) is 8.23. The van der Waals surface area contributed by atoms with Crippen LogP contribution >= 0.6 is 0 Å². The van der Waals surface area contributed by atoms with E-state index < -0.39 is 0 Å². The Kier molecular flexibility index (Phi) is 5.99. The fraction of sp³-hybridized carbons (Fsp3) is 0.200. The van der Waals surface area contributed by atoms with Crippen LogP contribution in [0.1, 0.15) is 23.5 Å². The van der Waals surface area contributed by atoms with E-state index in [4.69, 9.17) is 4.74 Å². The summed E-state index contributed by atoms with van der Waals surface area (Å²) in [5, 5.41) is 0. The molecule has 0 aliphatic carbocycles. The van der Waals surface area contributed by atoms with Crippen molar-refractivity contribution in [2.45, 2.75) is 18.4 Å². The van der Waals surface area contributed by atoms with Gasteiger partial charge in [-0.3, -0.25) is 0 Å². The lowest BCUT2D eigenvalue weighted by molar-refractivity contribution is 0.0645. The highest BCUT2D eigenvalue weighted by atomic mass is 16.5. The zero-order chi connectivity index (χ0) is 14.9. The van der Waals surface area contributed by atoms with Crippen molar-refractivity contribution < 1.29 is 4.74 Å². The molecule has 0 saturated heterocycles. The van der Waals surface area contributed by atoms with Gasteiger partial charge in [-0.25, -0.2) is 0 Å². The Balaban J connectivity index is 2.38. The minimum Gasteiger partial charge on any atom is -0.373 e. The summed E-state index contributed by atoms with van der Waals surface area (Å²) < 4.78 is 6.01. The molecule has 0 fully saturated rings. The summed E-state index contributed by atoms with van der Waals surface area (Å²) in [6.07, 6.45) is 4.59. The normalized spacial score (nSPS) is 12.0. The monoisotopic (exact) mass is 278 g/mol. The quantitative estimate of drug-likeness (QED) is 0.620. The first kappa shape index (κ1) is 15.3. The van der Waals surface area contributed by atoms with Crippen LogP contribution in [-0.4, -0.2) is 12.7 Å². The molecule has 1 unspecified atom stereocenters. The van der Waals surface area contributed by atoms with Gasteiger partial charge in [-0.2, -0.15) is 0 Å². The van der Waals surface area contributed by atoms with E-state index in [9.17, 15) is 0 Å². The summed E-state index contributed by atoms with van der Waals surface area (Å²) in [6, 6.07) is 21.0. The summed E-state index contributed by atoms with van der Waals surface area (Å²) in [5.41, 5.74) is 2.53. The van der Waals surface area contributed by atoms with Crippen LogP contribution in [0.15, 0.2) is 86.0 Å². The van der Waals surface area contributed by atoms with E-state index in [1.807, 2.05) is 18.2 Å². The molecule has 2 aromatic carbocycles. The maximum absolute atomic E-state index is 6.01. The SMILES string of the molecule is C=CCOC(CC=C)C(c1ccccc1)c1ccccc1. The molecule has 0 aliphatic rings. The van der Waals surface area contributed by atoms with Gasteiger partial charge in [0, 0.05) is 5.92 Å². The lowest BCUT2D eigenvalue weighted by Gasteiger charge is -2.27. The van der Waals surface area contributed by atoms with E-state index in [1.54, 1.807) is 6.08 Å². The third kappa shape index (κ3) is 4.17. The van der Waals surface area contributed by atoms with Gasteiger partial charge in [-0.05, 0) is 17.5 Å². The third-order valence-corrected chi connectivity index (χ3v) is 3.52. The van der Waals surface area contributed by atoms with Gasteiger partial charge in [0.05, 0.1) is 12.7 Å². The van der Waals surface area contributed by atoms with Crippen molar-refractivity contribution in [3.63, 3.8) is 0 Å². The van der Waals surface area contributed by atoms with Crippen LogP contribution in [0.3, 0.4) is 0 Å². The lowest BCUT2D eigenvalue weighted by atomic mass is 9.85. The summed E-state index contributed by atoms with van der Waals surface area (Å²) >= 11 is 0. The third-order valence-electron chi connectivity index (χ3n) is 3.52. The summed E-state index contributed by atoms with van der Waals surface area (Å²) in [6.45, 7) is 8.17. The first-order chi connectivity index (χ1) is 10.4. The minimum absolute atomic E-state index is 0.0605. The van der Waals surface area contributed by atoms with Gasteiger partial charge in [-0.1, -0.05) is 72.8 Å². The number of ether oxygens (including phenoxy) is 1. The average molecular weight is 278 g/mol. The Hall–Kier alpha value is -2.12. The second-order valence-electron chi connectivity index (χ2n) is 4.98. The Labute approximate surface area is 127 Å². The van der Waals surface area contributed by atoms with Crippen molar-refractivity contribution in [3.05, 3.63) is 97.1 Å². The van der Waals surface area contributed by atoms with Crippen LogP contribution in [0.5, 0.6) is 0 Å². The van der Waals surface area contributed by atoms with E-state index in [0.29, 0.717) is 6.61 Å². The van der Waals surface area contributed by atoms with Crippen LogP contribution in [0.25, 0.3) is 0 Å². The van der Waals surface area contributed by atoms with Crippen molar-refractivity contribution in [2.75, 3.05) is 6.61 Å². The number of benzene rings is 2. The first-order valence-electron chi connectivity index (χ1n) is 7.30. The first-order valence-corrected chi connectivity index (χ1v) is 7.30. The van der Waals surface area contributed by atoms with Gasteiger partial charge < -0.3 is 4.74 Å². The molecule has 0 saturated carbocycles. The van der Waals surface area contributed by atoms with Crippen molar-refractivity contribution in [1.29, 1.82) is 0 Å². The average Bonchev–Trinajstić information content (AvgIpc) is 2.55. The highest BCUT2D eigenvalue weighted by molar-refractivity contribution is 5.34. The zero-order valence-electron chi connectivity index (χ0n) is 12.3. The van der Waals surface area contributed by atoms with Crippen molar-refractivity contribution in [3.8, 4) is 0 Å². The standard InChI is InChI=1S/C20H22O/c1-3-11-19(21-16-4-2)20(17-12-7-5-8-13-17)18-14-9-6-10-15-18/h3-10,12-15,19-20H,1-2,11,16H2. The summed E-state index contributed by atoms with van der Waals surface area (Å²) in [7, 11) is 0. The Bertz CT molecular complexity index is 505. The molecule has 108 valence electrons. The molecular weight excluding hydrogens is 256 g/mol. The fourth-order valence-corrected chi connectivity index (χ4v) is 2.60. The molecule has 0 bridgehead atoms. The van der Waals surface area contributed by atoms with Crippen LogP contribution in [0, 0.1) is 0 Å². The Morgan fingerprint density at radius 3 is 1.76 bits per heavy atom. The molecule has 0 heterocycles. The molecule has 0 spiro atoms. The lowest BCUT2D eigenvalue weighted by Crippen LogP contribution is -2.23. The molecule has 2 rings (SSSR count). The predicted octanol–water partition coefficient (Wildman–Crippen LogP) is 4.97. The van der Waals surface area contributed by atoms with Crippen molar-refractivity contribution >= 4 is 0 Å². The van der Waals surface area contributed by atoms with E-state index in [0.717, 1.165) is 6.42 Å². The minimum atomic E-state index is 0.0605. The summed E-state index contributed by atoms with van der Waals surface area (Å²) in [5.74, 6) is 0.199. The topological polar surface area (TPSA) is 9.23 Å². The zero-order valence-corrected chi connectivity index (χ0v) is 12.3. The second-order valence-corrected chi connectivity index (χ2v) is 4.98. The number of hydrogen-bond donors (Lipinski definition) is 0. The van der Waals surface area contributed by atoms with E-state index in [-0.39, 0.29) is 12.0 Å². The molecule has 0 aliphatic heterocycles. The molecule has 1 nitrogen and oxygen atoms in total. The molecule has 1 atom stereocenters. The fourth-order valence-electron chi connectivity index (χ4n) is 2.60. The van der Waals surface area contributed by atoms with E-state index in [1.165, 1.54) is 11.1 Å². The molecule has 0 aromatic heterocycles. The molecule has 0 N–H and O–H groups in total. The molecule has 21 heavy (non-hydrogen) atoms. The van der Waals surface area contributed by atoms with Gasteiger partial charge in [0.1, 0.15) is 0 Å². The van der Waals surface area contributed by atoms with E-state index in [2.05, 4.69) is 61.7 Å². The molecule has 2 aromatic rings. The molecule has 0 amide bonds. The van der Waals surface area contributed by atoms with Crippen LogP contribution in [-0.2, 0) is 4.74 Å². The Morgan fingerprint density at radius 1 is 0.810 bits per heavy atom. The van der Waals surface area contributed by atoms with Gasteiger partial charge >= 0.3 is 0 Å². The molecule has 1 heteroatoms. The van der Waals surface area contributed by atoms with Crippen molar-refractivity contribution in [2.24, 2.45) is 0 Å². The maximum Gasteiger partial charge on any atom is 0.0722 e. The molecule has 0 radical (unpaired) electrons. The van der Waals surface area contributed by atoms with E-state index >= 15 is 0 Å².